The first-order chi connectivity index (χ1) is 14.0. The lowest BCUT2D eigenvalue weighted by atomic mass is 10.1. The standard InChI is InChI=1S/C22H21N3O3S/c1-15-13-18(16(2)24(15)11-10-17-7-4-3-5-8-17)19(26)14-25-22(27)28-21(23-25)20-9-6-12-29-20/h3-9,12-13H,10-11,14H2,1-2H3. The summed E-state index contributed by atoms with van der Waals surface area (Å²) in [6.07, 6.45) is 0.887. The molecule has 0 radical (unpaired) electrons. The monoisotopic (exact) mass is 407 g/mol. The highest BCUT2D eigenvalue weighted by molar-refractivity contribution is 7.13. The number of aryl methyl sites for hydroxylation is 2. The topological polar surface area (TPSA) is 70.0 Å². The molecule has 7 heteroatoms. The van der Waals surface area contributed by atoms with Gasteiger partial charge in [-0.05, 0) is 43.3 Å². The number of benzene rings is 1. The lowest BCUT2D eigenvalue weighted by Crippen LogP contribution is -2.22. The molecule has 0 fully saturated rings. The average Bonchev–Trinajstić information content (AvgIpc) is 3.42. The molecule has 0 amide bonds. The van der Waals surface area contributed by atoms with Crippen molar-refractivity contribution in [2.45, 2.75) is 33.4 Å². The zero-order valence-corrected chi connectivity index (χ0v) is 17.1. The van der Waals surface area contributed by atoms with Crippen LogP contribution in [0.4, 0.5) is 0 Å². The number of thiophene rings is 1. The molecular weight excluding hydrogens is 386 g/mol. The fourth-order valence-electron chi connectivity index (χ4n) is 3.44. The lowest BCUT2D eigenvalue weighted by molar-refractivity contribution is 0.0964. The summed E-state index contributed by atoms with van der Waals surface area (Å²) in [6, 6.07) is 15.8. The molecule has 1 aromatic carbocycles. The van der Waals surface area contributed by atoms with E-state index in [2.05, 4.69) is 21.8 Å². The van der Waals surface area contributed by atoms with Crippen LogP contribution in [0.3, 0.4) is 0 Å². The van der Waals surface area contributed by atoms with Crippen LogP contribution in [-0.2, 0) is 19.5 Å². The number of ketones is 1. The Morgan fingerprint density at radius 2 is 1.93 bits per heavy atom. The molecule has 0 bridgehead atoms. The molecule has 4 rings (SSSR count). The van der Waals surface area contributed by atoms with Gasteiger partial charge in [0.05, 0.1) is 4.88 Å². The van der Waals surface area contributed by atoms with Crippen molar-refractivity contribution in [2.24, 2.45) is 0 Å². The molecule has 0 aliphatic heterocycles. The van der Waals surface area contributed by atoms with E-state index in [4.69, 9.17) is 4.42 Å². The van der Waals surface area contributed by atoms with Crippen molar-refractivity contribution in [3.05, 3.63) is 87.0 Å². The summed E-state index contributed by atoms with van der Waals surface area (Å²) >= 11 is 1.43. The average molecular weight is 407 g/mol. The number of carbonyl (C=O) groups excluding carboxylic acids is 1. The number of carbonyl (C=O) groups is 1. The van der Waals surface area contributed by atoms with Crippen LogP contribution in [0.1, 0.15) is 27.3 Å². The molecule has 0 saturated heterocycles. The zero-order chi connectivity index (χ0) is 20.4. The Morgan fingerprint density at radius 3 is 2.66 bits per heavy atom. The van der Waals surface area contributed by atoms with Crippen molar-refractivity contribution in [3.63, 3.8) is 0 Å². The van der Waals surface area contributed by atoms with Crippen molar-refractivity contribution in [2.75, 3.05) is 0 Å². The second-order valence-electron chi connectivity index (χ2n) is 6.90. The van der Waals surface area contributed by atoms with E-state index in [1.165, 1.54) is 16.9 Å². The summed E-state index contributed by atoms with van der Waals surface area (Å²) < 4.78 is 8.42. The van der Waals surface area contributed by atoms with Crippen LogP contribution in [0.5, 0.6) is 0 Å². The second-order valence-corrected chi connectivity index (χ2v) is 7.85. The van der Waals surface area contributed by atoms with Gasteiger partial charge < -0.3 is 8.98 Å². The van der Waals surface area contributed by atoms with E-state index in [1.54, 1.807) is 0 Å². The Morgan fingerprint density at radius 1 is 1.14 bits per heavy atom. The minimum atomic E-state index is -0.625. The molecule has 0 aliphatic carbocycles. The molecule has 0 saturated carbocycles. The largest absolute Gasteiger partial charge is 0.437 e. The summed E-state index contributed by atoms with van der Waals surface area (Å²) in [5.74, 6) is -0.539. The van der Waals surface area contributed by atoms with Gasteiger partial charge in [-0.3, -0.25) is 4.79 Å². The quantitative estimate of drug-likeness (QED) is 0.432. The molecule has 0 spiro atoms. The van der Waals surface area contributed by atoms with E-state index < -0.39 is 5.76 Å². The molecular formula is C22H21N3O3S. The van der Waals surface area contributed by atoms with Gasteiger partial charge in [0.15, 0.2) is 5.78 Å². The van der Waals surface area contributed by atoms with Crippen molar-refractivity contribution in [3.8, 4) is 10.8 Å². The molecule has 6 nitrogen and oxygen atoms in total. The highest BCUT2D eigenvalue weighted by Gasteiger charge is 2.19. The van der Waals surface area contributed by atoms with Gasteiger partial charge in [0.25, 0.3) is 5.89 Å². The highest BCUT2D eigenvalue weighted by atomic mass is 32.1. The summed E-state index contributed by atoms with van der Waals surface area (Å²) in [5, 5.41) is 6.05. The number of hydrogen-bond donors (Lipinski definition) is 0. The van der Waals surface area contributed by atoms with Gasteiger partial charge in [0.1, 0.15) is 6.54 Å². The molecule has 29 heavy (non-hydrogen) atoms. The van der Waals surface area contributed by atoms with E-state index in [9.17, 15) is 9.59 Å². The predicted octanol–water partition coefficient (Wildman–Crippen LogP) is 4.11. The van der Waals surface area contributed by atoms with Gasteiger partial charge in [-0.15, -0.1) is 16.4 Å². The third-order valence-corrected chi connectivity index (χ3v) is 5.83. The number of Topliss-reactive ketones (excluding diaryl/α,β-unsaturated/α-hetero) is 1. The molecule has 3 aromatic heterocycles. The van der Waals surface area contributed by atoms with Crippen LogP contribution >= 0.6 is 11.3 Å². The van der Waals surface area contributed by atoms with Gasteiger partial charge in [-0.1, -0.05) is 36.4 Å². The van der Waals surface area contributed by atoms with Crippen LogP contribution in [0, 0.1) is 13.8 Å². The van der Waals surface area contributed by atoms with Gasteiger partial charge in [0.2, 0.25) is 0 Å². The van der Waals surface area contributed by atoms with Crippen molar-refractivity contribution in [1.29, 1.82) is 0 Å². The molecule has 0 unspecified atom stereocenters. The number of rotatable bonds is 7. The lowest BCUT2D eigenvalue weighted by Gasteiger charge is -2.10. The van der Waals surface area contributed by atoms with E-state index in [1.807, 2.05) is 55.6 Å². The Balaban J connectivity index is 1.52. The zero-order valence-electron chi connectivity index (χ0n) is 16.3. The SMILES string of the molecule is Cc1cc(C(=O)Cn2nc(-c3cccs3)oc2=O)c(C)n1CCc1ccccc1. The van der Waals surface area contributed by atoms with E-state index in [0.717, 1.165) is 33.9 Å². The van der Waals surface area contributed by atoms with Crippen LogP contribution in [0.15, 0.2) is 63.1 Å². The third kappa shape index (κ3) is 4.00. The first-order valence-electron chi connectivity index (χ1n) is 9.38. The number of aromatic nitrogens is 3. The first-order valence-corrected chi connectivity index (χ1v) is 10.3. The fraction of sp³-hybridized carbons (Fsp3) is 0.227. The van der Waals surface area contributed by atoms with Crippen LogP contribution < -0.4 is 5.76 Å². The van der Waals surface area contributed by atoms with Crippen LogP contribution in [0.2, 0.25) is 0 Å². The first kappa shape index (κ1) is 19.1. The van der Waals surface area contributed by atoms with Gasteiger partial charge >= 0.3 is 5.76 Å². The van der Waals surface area contributed by atoms with Crippen LogP contribution in [0.25, 0.3) is 10.8 Å². The van der Waals surface area contributed by atoms with Crippen molar-refractivity contribution >= 4 is 17.1 Å². The van der Waals surface area contributed by atoms with Gasteiger partial charge in [0, 0.05) is 23.5 Å². The Kier molecular flexibility index (Phi) is 5.31. The summed E-state index contributed by atoms with van der Waals surface area (Å²) in [5.41, 5.74) is 3.79. The Hall–Kier alpha value is -3.19. The molecule has 4 aromatic rings. The Labute approximate surface area is 172 Å². The Bertz CT molecular complexity index is 1180. The van der Waals surface area contributed by atoms with E-state index in [-0.39, 0.29) is 18.2 Å². The number of nitrogens with zero attached hydrogens (tertiary/aromatic N) is 3. The molecule has 0 aliphatic rings. The maximum absolute atomic E-state index is 12.9. The summed E-state index contributed by atoms with van der Waals surface area (Å²) in [6.45, 7) is 4.58. The molecule has 148 valence electrons. The molecule has 3 heterocycles. The van der Waals surface area contributed by atoms with E-state index >= 15 is 0 Å². The normalized spacial score (nSPS) is 11.1. The van der Waals surface area contributed by atoms with Crippen LogP contribution in [-0.4, -0.2) is 20.1 Å². The highest BCUT2D eigenvalue weighted by Crippen LogP contribution is 2.21. The molecule has 0 N–H and O–H groups in total. The van der Waals surface area contributed by atoms with Gasteiger partial charge in [-0.25, -0.2) is 4.79 Å². The fourth-order valence-corrected chi connectivity index (χ4v) is 4.08. The smallest absolute Gasteiger partial charge is 0.387 e. The maximum atomic E-state index is 12.9. The summed E-state index contributed by atoms with van der Waals surface area (Å²) in [4.78, 5) is 25.7. The predicted molar refractivity (Wildman–Crippen MR) is 112 cm³/mol. The summed E-state index contributed by atoms with van der Waals surface area (Å²) in [7, 11) is 0. The third-order valence-electron chi connectivity index (χ3n) is 4.97. The van der Waals surface area contributed by atoms with Crippen molar-refractivity contribution in [1.82, 2.24) is 14.3 Å². The minimum Gasteiger partial charge on any atom is -0.387 e. The maximum Gasteiger partial charge on any atom is 0.437 e. The van der Waals surface area contributed by atoms with Gasteiger partial charge in [-0.2, -0.15) is 4.68 Å². The minimum absolute atomic E-state index is 0.142. The van der Waals surface area contributed by atoms with Crippen molar-refractivity contribution < 1.29 is 9.21 Å². The van der Waals surface area contributed by atoms with E-state index in [0.29, 0.717) is 5.56 Å². The number of hydrogen-bond acceptors (Lipinski definition) is 5. The molecule has 0 atom stereocenters. The second kappa shape index (κ2) is 8.05.